The monoisotopic (exact) mass is 402 g/mol. The van der Waals surface area contributed by atoms with Gasteiger partial charge in [0.05, 0.1) is 18.1 Å². The summed E-state index contributed by atoms with van der Waals surface area (Å²) in [6, 6.07) is 9.51. The SMILES string of the molecule is CNS(=O)(=O)c1cc(/C=C/C(=O)Nc2ccc3[nH]c(=O)[nH]c3c2)ccc1OC. The van der Waals surface area contributed by atoms with E-state index in [9.17, 15) is 18.0 Å². The molecule has 1 aromatic heterocycles. The summed E-state index contributed by atoms with van der Waals surface area (Å²) in [6.45, 7) is 0. The molecule has 0 aliphatic heterocycles. The van der Waals surface area contributed by atoms with Crippen LogP contribution in [0.15, 0.2) is 52.2 Å². The summed E-state index contributed by atoms with van der Waals surface area (Å²) in [6.07, 6.45) is 2.77. The van der Waals surface area contributed by atoms with E-state index >= 15 is 0 Å². The van der Waals surface area contributed by atoms with E-state index in [1.54, 1.807) is 24.3 Å². The smallest absolute Gasteiger partial charge is 0.323 e. The van der Waals surface area contributed by atoms with E-state index in [4.69, 9.17) is 4.74 Å². The fourth-order valence-corrected chi connectivity index (χ4v) is 3.51. The summed E-state index contributed by atoms with van der Waals surface area (Å²) < 4.78 is 31.5. The van der Waals surface area contributed by atoms with Crippen molar-refractivity contribution in [3.05, 3.63) is 58.5 Å². The van der Waals surface area contributed by atoms with E-state index in [0.29, 0.717) is 22.3 Å². The van der Waals surface area contributed by atoms with E-state index in [2.05, 4.69) is 20.0 Å². The number of imidazole rings is 1. The minimum atomic E-state index is -3.71. The number of methoxy groups -OCH3 is 1. The maximum atomic E-state index is 12.2. The summed E-state index contributed by atoms with van der Waals surface area (Å²) in [5, 5.41) is 2.68. The van der Waals surface area contributed by atoms with Crippen molar-refractivity contribution < 1.29 is 17.9 Å². The molecule has 0 radical (unpaired) electrons. The van der Waals surface area contributed by atoms with Crippen LogP contribution >= 0.6 is 0 Å². The molecular weight excluding hydrogens is 384 g/mol. The molecule has 0 saturated carbocycles. The summed E-state index contributed by atoms with van der Waals surface area (Å²) in [7, 11) is -1.03. The van der Waals surface area contributed by atoms with Crippen LogP contribution in [0.3, 0.4) is 0 Å². The van der Waals surface area contributed by atoms with Gasteiger partial charge in [0, 0.05) is 11.8 Å². The molecule has 0 aliphatic carbocycles. The molecule has 0 fully saturated rings. The molecule has 0 aliphatic rings. The van der Waals surface area contributed by atoms with Crippen molar-refractivity contribution >= 4 is 38.7 Å². The van der Waals surface area contributed by atoms with Crippen molar-refractivity contribution in [1.82, 2.24) is 14.7 Å². The van der Waals surface area contributed by atoms with Crippen molar-refractivity contribution in [2.45, 2.75) is 4.90 Å². The third kappa shape index (κ3) is 4.13. The second-order valence-corrected chi connectivity index (χ2v) is 7.63. The Morgan fingerprint density at radius 3 is 2.57 bits per heavy atom. The minimum Gasteiger partial charge on any atom is -0.495 e. The Hall–Kier alpha value is -3.37. The number of hydrogen-bond acceptors (Lipinski definition) is 5. The van der Waals surface area contributed by atoms with Crippen LogP contribution in [0, 0.1) is 0 Å². The number of aromatic nitrogens is 2. The Morgan fingerprint density at radius 1 is 1.11 bits per heavy atom. The summed E-state index contributed by atoms with van der Waals surface area (Å²) in [4.78, 5) is 28.6. The molecule has 0 spiro atoms. The molecular formula is C18H18N4O5S. The minimum absolute atomic E-state index is 0.0260. The van der Waals surface area contributed by atoms with Crippen molar-refractivity contribution in [2.24, 2.45) is 0 Å². The van der Waals surface area contributed by atoms with Gasteiger partial charge in [-0.05, 0) is 49.0 Å². The molecule has 1 heterocycles. The normalized spacial score (nSPS) is 11.8. The standard InChI is InChI=1S/C18H18N4O5S/c1-19-28(25,26)16-9-11(3-7-15(16)27-2)4-8-17(23)20-12-5-6-13-14(10-12)22-18(24)21-13/h3-10,19H,1-2H3,(H,20,23)(H2,21,22,24)/b8-4+. The number of rotatable bonds is 6. The first kappa shape index (κ1) is 19.4. The lowest BCUT2D eigenvalue weighted by Crippen LogP contribution is -2.19. The predicted octanol–water partition coefficient (Wildman–Crippen LogP) is 1.42. The lowest BCUT2D eigenvalue weighted by atomic mass is 10.2. The molecule has 9 nitrogen and oxygen atoms in total. The number of carbonyl (C=O) groups is 1. The highest BCUT2D eigenvalue weighted by Crippen LogP contribution is 2.25. The third-order valence-electron chi connectivity index (χ3n) is 3.96. The van der Waals surface area contributed by atoms with Crippen LogP contribution < -0.4 is 20.5 Å². The van der Waals surface area contributed by atoms with Gasteiger partial charge in [-0.1, -0.05) is 6.07 Å². The molecule has 146 valence electrons. The number of aromatic amines is 2. The van der Waals surface area contributed by atoms with Gasteiger partial charge in [0.25, 0.3) is 0 Å². The maximum absolute atomic E-state index is 12.2. The van der Waals surface area contributed by atoms with Crippen molar-refractivity contribution in [3.8, 4) is 5.75 Å². The van der Waals surface area contributed by atoms with Crippen LogP contribution in [0.5, 0.6) is 5.75 Å². The zero-order chi connectivity index (χ0) is 20.3. The lowest BCUT2D eigenvalue weighted by Gasteiger charge is -2.09. The fourth-order valence-electron chi connectivity index (χ4n) is 2.58. The molecule has 0 unspecified atom stereocenters. The number of hydrogen-bond donors (Lipinski definition) is 4. The number of carbonyl (C=O) groups excluding carboxylic acids is 1. The van der Waals surface area contributed by atoms with Crippen molar-refractivity contribution in [1.29, 1.82) is 0 Å². The first-order valence-corrected chi connectivity index (χ1v) is 9.63. The molecule has 3 rings (SSSR count). The van der Waals surface area contributed by atoms with Gasteiger partial charge in [0.1, 0.15) is 10.6 Å². The van der Waals surface area contributed by atoms with E-state index in [0.717, 1.165) is 0 Å². The number of benzene rings is 2. The summed E-state index contributed by atoms with van der Waals surface area (Å²) >= 11 is 0. The van der Waals surface area contributed by atoms with Gasteiger partial charge < -0.3 is 20.0 Å². The second kappa shape index (κ2) is 7.71. The van der Waals surface area contributed by atoms with E-state index in [1.807, 2.05) is 0 Å². The highest BCUT2D eigenvalue weighted by Gasteiger charge is 2.17. The molecule has 2 aromatic carbocycles. The van der Waals surface area contributed by atoms with Gasteiger partial charge in [0.15, 0.2) is 0 Å². The van der Waals surface area contributed by atoms with Crippen LogP contribution in [-0.2, 0) is 14.8 Å². The molecule has 3 aromatic rings. The number of sulfonamides is 1. The molecule has 0 saturated heterocycles. The van der Waals surface area contributed by atoms with Crippen LogP contribution in [0.25, 0.3) is 17.1 Å². The predicted molar refractivity (Wildman–Crippen MR) is 106 cm³/mol. The molecule has 28 heavy (non-hydrogen) atoms. The number of anilines is 1. The zero-order valence-electron chi connectivity index (χ0n) is 15.1. The Balaban J connectivity index is 1.79. The van der Waals surface area contributed by atoms with Gasteiger partial charge >= 0.3 is 5.69 Å². The van der Waals surface area contributed by atoms with E-state index in [1.165, 1.54) is 38.4 Å². The van der Waals surface area contributed by atoms with Gasteiger partial charge in [-0.2, -0.15) is 0 Å². The summed E-state index contributed by atoms with van der Waals surface area (Å²) in [5.74, 6) is -0.212. The molecule has 1 amide bonds. The van der Waals surface area contributed by atoms with Crippen molar-refractivity contribution in [3.63, 3.8) is 0 Å². The maximum Gasteiger partial charge on any atom is 0.323 e. The van der Waals surface area contributed by atoms with Crippen molar-refractivity contribution in [2.75, 3.05) is 19.5 Å². The number of ether oxygens (including phenoxy) is 1. The Kier molecular flexibility index (Phi) is 5.34. The average Bonchev–Trinajstić information content (AvgIpc) is 3.05. The van der Waals surface area contributed by atoms with E-state index < -0.39 is 15.9 Å². The van der Waals surface area contributed by atoms with E-state index in [-0.39, 0.29) is 16.3 Å². The van der Waals surface area contributed by atoms with Gasteiger partial charge in [0.2, 0.25) is 15.9 Å². The van der Waals surface area contributed by atoms with Gasteiger partial charge in [-0.3, -0.25) is 4.79 Å². The molecule has 4 N–H and O–H groups in total. The van der Waals surface area contributed by atoms with Crippen LogP contribution in [0.4, 0.5) is 5.69 Å². The van der Waals surface area contributed by atoms with Crippen LogP contribution in [0.1, 0.15) is 5.56 Å². The summed E-state index contributed by atoms with van der Waals surface area (Å²) in [5.41, 5.74) is 1.89. The first-order valence-electron chi connectivity index (χ1n) is 8.15. The van der Waals surface area contributed by atoms with Gasteiger partial charge in [-0.25, -0.2) is 17.9 Å². The molecule has 10 heteroatoms. The molecule has 0 atom stereocenters. The number of fused-ring (bicyclic) bond motifs is 1. The quantitative estimate of drug-likeness (QED) is 0.463. The third-order valence-corrected chi connectivity index (χ3v) is 5.39. The van der Waals surface area contributed by atoms with Gasteiger partial charge in [-0.15, -0.1) is 0 Å². The average molecular weight is 402 g/mol. The zero-order valence-corrected chi connectivity index (χ0v) is 15.9. The lowest BCUT2D eigenvalue weighted by molar-refractivity contribution is -0.111. The first-order chi connectivity index (χ1) is 13.3. The Labute approximate surface area is 160 Å². The Morgan fingerprint density at radius 2 is 1.86 bits per heavy atom. The highest BCUT2D eigenvalue weighted by atomic mass is 32.2. The number of amides is 1. The number of nitrogens with one attached hydrogen (secondary N) is 4. The topological polar surface area (TPSA) is 133 Å². The second-order valence-electron chi connectivity index (χ2n) is 5.78. The fraction of sp³-hybridized carbons (Fsp3) is 0.111. The highest BCUT2D eigenvalue weighted by molar-refractivity contribution is 7.89. The Bertz CT molecular complexity index is 1220. The largest absolute Gasteiger partial charge is 0.495 e. The molecule has 0 bridgehead atoms. The van der Waals surface area contributed by atoms with Crippen LogP contribution in [0.2, 0.25) is 0 Å². The van der Waals surface area contributed by atoms with Crippen LogP contribution in [-0.4, -0.2) is 38.5 Å². The number of H-pyrrole nitrogens is 2.